The van der Waals surface area contributed by atoms with E-state index in [1.807, 2.05) is 19.1 Å². The van der Waals surface area contributed by atoms with Crippen molar-refractivity contribution in [3.05, 3.63) is 39.7 Å². The van der Waals surface area contributed by atoms with Crippen molar-refractivity contribution in [2.75, 3.05) is 13.1 Å². The molecule has 1 unspecified atom stereocenters. The summed E-state index contributed by atoms with van der Waals surface area (Å²) in [4.78, 5) is 11.7. The van der Waals surface area contributed by atoms with Crippen LogP contribution in [0.1, 0.15) is 49.0 Å². The Balaban J connectivity index is 1.67. The normalized spacial score (nSPS) is 20.6. The number of piperidine rings is 1. The summed E-state index contributed by atoms with van der Waals surface area (Å²) < 4.78 is 2.23. The van der Waals surface area contributed by atoms with Crippen LogP contribution in [0.2, 0.25) is 0 Å². The third kappa shape index (κ3) is 3.41. The molecule has 1 atom stereocenters. The number of nitrogens with zero attached hydrogens (tertiary/aromatic N) is 4. The van der Waals surface area contributed by atoms with Crippen LogP contribution in [0.3, 0.4) is 0 Å². The molecule has 132 valence electrons. The Morgan fingerprint density at radius 2 is 2.16 bits per heavy atom. The molecule has 25 heavy (non-hydrogen) atoms. The summed E-state index contributed by atoms with van der Waals surface area (Å²) in [5, 5.41) is 24.5. The molecular formula is C17H21N5O2S. The standard InChI is InChI=1S/C17H21N5O2S/c1-11-4-7-15(14(9-11)22(23)24)25-17-20-19-16(21(17)13-5-6-13)12-3-2-8-18-10-12/h4,7,9,12-13,18H,2-3,5-6,8,10H2,1H3. The molecule has 1 aromatic heterocycles. The Bertz CT molecular complexity index is 796. The van der Waals surface area contributed by atoms with E-state index in [1.54, 1.807) is 6.07 Å². The van der Waals surface area contributed by atoms with Crippen molar-refractivity contribution in [3.63, 3.8) is 0 Å². The van der Waals surface area contributed by atoms with Gasteiger partial charge in [-0.3, -0.25) is 10.1 Å². The van der Waals surface area contributed by atoms with Gasteiger partial charge in [0.15, 0.2) is 5.16 Å². The molecule has 2 fully saturated rings. The molecule has 1 N–H and O–H groups in total. The highest BCUT2D eigenvalue weighted by molar-refractivity contribution is 7.99. The van der Waals surface area contributed by atoms with E-state index in [9.17, 15) is 10.1 Å². The van der Waals surface area contributed by atoms with E-state index in [2.05, 4.69) is 20.1 Å². The lowest BCUT2D eigenvalue weighted by molar-refractivity contribution is -0.387. The van der Waals surface area contributed by atoms with Gasteiger partial charge < -0.3 is 9.88 Å². The van der Waals surface area contributed by atoms with Gasteiger partial charge in [0, 0.05) is 24.6 Å². The lowest BCUT2D eigenvalue weighted by atomic mass is 9.99. The summed E-state index contributed by atoms with van der Waals surface area (Å²) in [7, 11) is 0. The van der Waals surface area contributed by atoms with E-state index in [0.29, 0.717) is 16.9 Å². The van der Waals surface area contributed by atoms with E-state index >= 15 is 0 Å². The van der Waals surface area contributed by atoms with E-state index in [-0.39, 0.29) is 10.6 Å². The molecule has 1 aliphatic carbocycles. The Morgan fingerprint density at radius 3 is 2.84 bits per heavy atom. The molecule has 1 aliphatic heterocycles. The molecule has 2 aromatic rings. The van der Waals surface area contributed by atoms with Crippen molar-refractivity contribution in [1.29, 1.82) is 0 Å². The number of aryl methyl sites for hydroxylation is 1. The van der Waals surface area contributed by atoms with Crippen molar-refractivity contribution in [2.24, 2.45) is 0 Å². The van der Waals surface area contributed by atoms with Gasteiger partial charge in [-0.05, 0) is 62.5 Å². The van der Waals surface area contributed by atoms with Gasteiger partial charge in [0.25, 0.3) is 5.69 Å². The molecule has 8 heteroatoms. The molecule has 4 rings (SSSR count). The smallest absolute Gasteiger partial charge is 0.283 e. The SMILES string of the molecule is Cc1ccc(Sc2nnc(C3CCCNC3)n2C2CC2)c([N+](=O)[O-])c1. The number of nitro groups is 1. The molecule has 1 saturated carbocycles. The van der Waals surface area contributed by atoms with E-state index in [1.165, 1.54) is 11.8 Å². The Kier molecular flexibility index (Phi) is 4.47. The van der Waals surface area contributed by atoms with Gasteiger partial charge in [-0.15, -0.1) is 10.2 Å². The summed E-state index contributed by atoms with van der Waals surface area (Å²) in [5.41, 5.74) is 1.02. The zero-order valence-electron chi connectivity index (χ0n) is 14.1. The third-order valence-electron chi connectivity index (χ3n) is 4.78. The van der Waals surface area contributed by atoms with Crippen LogP contribution >= 0.6 is 11.8 Å². The van der Waals surface area contributed by atoms with Crippen LogP contribution < -0.4 is 5.32 Å². The number of nitro benzene ring substituents is 1. The molecule has 0 radical (unpaired) electrons. The number of hydrogen-bond acceptors (Lipinski definition) is 6. The second kappa shape index (κ2) is 6.76. The first kappa shape index (κ1) is 16.5. The second-order valence-electron chi connectivity index (χ2n) is 6.82. The monoisotopic (exact) mass is 359 g/mol. The number of nitrogens with one attached hydrogen (secondary N) is 1. The maximum Gasteiger partial charge on any atom is 0.283 e. The molecule has 0 amide bonds. The molecule has 0 spiro atoms. The average Bonchev–Trinajstić information content (AvgIpc) is 3.37. The Morgan fingerprint density at radius 1 is 1.32 bits per heavy atom. The quantitative estimate of drug-likeness (QED) is 0.650. The first-order chi connectivity index (χ1) is 12.1. The first-order valence-electron chi connectivity index (χ1n) is 8.72. The third-order valence-corrected chi connectivity index (χ3v) is 5.80. The second-order valence-corrected chi connectivity index (χ2v) is 7.82. The zero-order chi connectivity index (χ0) is 17.4. The van der Waals surface area contributed by atoms with Crippen LogP contribution in [-0.4, -0.2) is 32.8 Å². The molecule has 1 saturated heterocycles. The molecule has 7 nitrogen and oxygen atoms in total. The summed E-state index contributed by atoms with van der Waals surface area (Å²) in [6, 6.07) is 5.77. The maximum atomic E-state index is 11.4. The zero-order valence-corrected chi connectivity index (χ0v) is 15.0. The van der Waals surface area contributed by atoms with Gasteiger partial charge in [-0.1, -0.05) is 6.07 Å². The number of rotatable bonds is 5. The highest BCUT2D eigenvalue weighted by atomic mass is 32.2. The van der Waals surface area contributed by atoms with Crippen molar-refractivity contribution in [2.45, 2.75) is 54.6 Å². The molecule has 2 heterocycles. The van der Waals surface area contributed by atoms with Crippen LogP contribution in [0, 0.1) is 17.0 Å². The van der Waals surface area contributed by atoms with Crippen molar-refractivity contribution < 1.29 is 4.92 Å². The van der Waals surface area contributed by atoms with E-state index < -0.39 is 0 Å². The fourth-order valence-corrected chi connectivity index (χ4v) is 4.33. The fraction of sp³-hybridized carbons (Fsp3) is 0.529. The Labute approximate surface area is 150 Å². The first-order valence-corrected chi connectivity index (χ1v) is 9.53. The molecule has 2 aliphatic rings. The van der Waals surface area contributed by atoms with E-state index in [4.69, 9.17) is 0 Å². The summed E-state index contributed by atoms with van der Waals surface area (Å²) in [5.74, 6) is 1.41. The highest BCUT2D eigenvalue weighted by Crippen LogP contribution is 2.43. The number of benzene rings is 1. The highest BCUT2D eigenvalue weighted by Gasteiger charge is 2.33. The summed E-state index contributed by atoms with van der Waals surface area (Å²) >= 11 is 1.36. The van der Waals surface area contributed by atoms with Crippen molar-refractivity contribution >= 4 is 17.4 Å². The topological polar surface area (TPSA) is 85.9 Å². The minimum Gasteiger partial charge on any atom is -0.316 e. The van der Waals surface area contributed by atoms with Gasteiger partial charge in [-0.25, -0.2) is 0 Å². The van der Waals surface area contributed by atoms with Crippen LogP contribution in [0.15, 0.2) is 28.3 Å². The van der Waals surface area contributed by atoms with E-state index in [0.717, 1.165) is 55.3 Å². The average molecular weight is 359 g/mol. The largest absolute Gasteiger partial charge is 0.316 e. The van der Waals surface area contributed by atoms with Gasteiger partial charge >= 0.3 is 0 Å². The minimum absolute atomic E-state index is 0.135. The molecule has 1 aromatic carbocycles. The van der Waals surface area contributed by atoms with Crippen LogP contribution in [0.5, 0.6) is 0 Å². The lowest BCUT2D eigenvalue weighted by Crippen LogP contribution is -2.30. The van der Waals surface area contributed by atoms with Gasteiger partial charge in [-0.2, -0.15) is 0 Å². The van der Waals surface area contributed by atoms with Gasteiger partial charge in [0.2, 0.25) is 0 Å². The van der Waals surface area contributed by atoms with Crippen molar-refractivity contribution in [1.82, 2.24) is 20.1 Å². The summed E-state index contributed by atoms with van der Waals surface area (Å²) in [6.07, 6.45) is 4.53. The number of hydrogen-bond donors (Lipinski definition) is 1. The Hall–Kier alpha value is -1.93. The maximum absolute atomic E-state index is 11.4. The molecular weight excluding hydrogens is 338 g/mol. The van der Waals surface area contributed by atoms with Crippen molar-refractivity contribution in [3.8, 4) is 0 Å². The lowest BCUT2D eigenvalue weighted by Gasteiger charge is -2.22. The summed E-state index contributed by atoms with van der Waals surface area (Å²) in [6.45, 7) is 3.85. The number of aromatic nitrogens is 3. The van der Waals surface area contributed by atoms with Crippen LogP contribution in [0.4, 0.5) is 5.69 Å². The fourth-order valence-electron chi connectivity index (χ4n) is 3.34. The predicted octanol–water partition coefficient (Wildman–Crippen LogP) is 3.45. The molecule has 0 bridgehead atoms. The van der Waals surface area contributed by atoms with Crippen LogP contribution in [0.25, 0.3) is 0 Å². The minimum atomic E-state index is -0.320. The van der Waals surface area contributed by atoms with Gasteiger partial charge in [0.05, 0.1) is 9.82 Å². The van der Waals surface area contributed by atoms with Crippen LogP contribution in [-0.2, 0) is 0 Å². The predicted molar refractivity (Wildman–Crippen MR) is 95.1 cm³/mol. The van der Waals surface area contributed by atoms with Gasteiger partial charge in [0.1, 0.15) is 5.82 Å².